The first-order chi connectivity index (χ1) is 14.1. The number of halogens is 1. The summed E-state index contributed by atoms with van der Waals surface area (Å²) in [5, 5.41) is 3.13. The molecule has 4 heterocycles. The number of amides is 2. The molecule has 2 aliphatic rings. The van der Waals surface area contributed by atoms with Gasteiger partial charge in [-0.3, -0.25) is 14.0 Å². The van der Waals surface area contributed by atoms with E-state index in [0.29, 0.717) is 30.9 Å². The van der Waals surface area contributed by atoms with Crippen molar-refractivity contribution in [1.29, 1.82) is 0 Å². The van der Waals surface area contributed by atoms with Crippen LogP contribution in [0.25, 0.3) is 5.78 Å². The van der Waals surface area contributed by atoms with Gasteiger partial charge in [0.25, 0.3) is 5.91 Å². The van der Waals surface area contributed by atoms with Gasteiger partial charge in [0.15, 0.2) is 0 Å². The third-order valence-electron chi connectivity index (χ3n) is 5.94. The molecule has 148 valence electrons. The lowest BCUT2D eigenvalue weighted by Gasteiger charge is -2.48. The predicted molar refractivity (Wildman–Crippen MR) is 103 cm³/mol. The number of hydrogen-bond acceptors (Lipinski definition) is 4. The molecule has 0 unspecified atom stereocenters. The third kappa shape index (κ3) is 2.95. The van der Waals surface area contributed by atoms with Crippen molar-refractivity contribution in [3.8, 4) is 0 Å². The minimum Gasteiger partial charge on any atom is -0.348 e. The van der Waals surface area contributed by atoms with Crippen LogP contribution in [0.4, 0.5) is 4.39 Å². The number of carbonyl (C=O) groups excluding carboxylic acids is 2. The Balaban J connectivity index is 1.58. The first-order valence-electron chi connectivity index (χ1n) is 9.73. The van der Waals surface area contributed by atoms with Crippen molar-refractivity contribution >= 4 is 17.6 Å². The fourth-order valence-corrected chi connectivity index (χ4v) is 4.70. The molecule has 1 spiro atoms. The summed E-state index contributed by atoms with van der Waals surface area (Å²) in [5.74, 6) is -0.109. The Morgan fingerprint density at radius 2 is 2.07 bits per heavy atom. The second kappa shape index (κ2) is 6.65. The lowest BCUT2D eigenvalue weighted by molar-refractivity contribution is -0.120. The second-order valence-electron chi connectivity index (χ2n) is 7.71. The minimum atomic E-state index is -0.541. The maximum atomic E-state index is 13.6. The molecule has 0 saturated carbocycles. The smallest absolute Gasteiger partial charge is 0.274 e. The number of fused-ring (bicyclic) bond motifs is 1. The number of piperidine rings is 1. The van der Waals surface area contributed by atoms with E-state index in [9.17, 15) is 14.0 Å². The van der Waals surface area contributed by atoms with E-state index in [1.165, 1.54) is 12.1 Å². The number of benzene rings is 1. The highest BCUT2D eigenvalue weighted by atomic mass is 19.1. The second-order valence-corrected chi connectivity index (χ2v) is 7.71. The summed E-state index contributed by atoms with van der Waals surface area (Å²) in [6, 6.07) is 7.58. The molecule has 2 aliphatic heterocycles. The fourth-order valence-electron chi connectivity index (χ4n) is 4.70. The van der Waals surface area contributed by atoms with Crippen LogP contribution in [0.15, 0.2) is 48.9 Å². The Morgan fingerprint density at radius 1 is 1.24 bits per heavy atom. The van der Waals surface area contributed by atoms with Crippen molar-refractivity contribution in [3.05, 3.63) is 66.0 Å². The van der Waals surface area contributed by atoms with Crippen LogP contribution in [0.5, 0.6) is 0 Å². The molecule has 5 rings (SSSR count). The zero-order valence-electron chi connectivity index (χ0n) is 15.7. The lowest BCUT2D eigenvalue weighted by atomic mass is 9.76. The van der Waals surface area contributed by atoms with Crippen molar-refractivity contribution < 1.29 is 14.0 Å². The Kier molecular flexibility index (Phi) is 4.08. The molecule has 0 radical (unpaired) electrons. The van der Waals surface area contributed by atoms with Gasteiger partial charge in [0.1, 0.15) is 11.5 Å². The highest BCUT2D eigenvalue weighted by Crippen LogP contribution is 2.45. The molecule has 3 aromatic rings. The summed E-state index contributed by atoms with van der Waals surface area (Å²) in [7, 11) is 0. The van der Waals surface area contributed by atoms with Crippen LogP contribution in [-0.2, 0) is 4.79 Å². The number of aromatic nitrogens is 3. The number of nitrogens with zero attached hydrogens (tertiary/aromatic N) is 4. The fraction of sp³-hybridized carbons (Fsp3) is 0.333. The molecule has 8 heteroatoms. The van der Waals surface area contributed by atoms with Gasteiger partial charge in [-0.1, -0.05) is 12.1 Å². The average molecular weight is 393 g/mol. The molecular formula is C21H20FN5O2. The molecule has 2 fully saturated rings. The van der Waals surface area contributed by atoms with Crippen molar-refractivity contribution in [2.75, 3.05) is 6.54 Å². The first-order valence-corrected chi connectivity index (χ1v) is 9.73. The van der Waals surface area contributed by atoms with Crippen LogP contribution in [-0.4, -0.2) is 43.2 Å². The van der Waals surface area contributed by atoms with Crippen LogP contribution in [0.3, 0.4) is 0 Å². The minimum absolute atomic E-state index is 0.0108. The first kappa shape index (κ1) is 17.8. The van der Waals surface area contributed by atoms with Gasteiger partial charge < -0.3 is 10.2 Å². The third-order valence-corrected chi connectivity index (χ3v) is 5.94. The van der Waals surface area contributed by atoms with Crippen molar-refractivity contribution in [2.24, 2.45) is 0 Å². The number of rotatable bonds is 2. The summed E-state index contributed by atoms with van der Waals surface area (Å²) < 4.78 is 15.3. The van der Waals surface area contributed by atoms with Gasteiger partial charge in [0.05, 0.1) is 11.6 Å². The van der Waals surface area contributed by atoms with Crippen molar-refractivity contribution in [2.45, 2.75) is 37.3 Å². The summed E-state index contributed by atoms with van der Waals surface area (Å²) in [4.78, 5) is 35.9. The monoisotopic (exact) mass is 393 g/mol. The summed E-state index contributed by atoms with van der Waals surface area (Å²) >= 11 is 0. The number of hydrogen-bond donors (Lipinski definition) is 1. The zero-order chi connectivity index (χ0) is 20.0. The predicted octanol–water partition coefficient (Wildman–Crippen LogP) is 2.49. The van der Waals surface area contributed by atoms with E-state index < -0.39 is 5.54 Å². The number of carbonyl (C=O) groups is 2. The molecule has 2 amide bonds. The molecule has 2 aromatic heterocycles. The Morgan fingerprint density at radius 3 is 2.79 bits per heavy atom. The standard InChI is InChI=1S/C21H20FN5O2/c22-15-5-3-14(4-6-15)18-21(9-7-17(28)25-21)8-1-12-27(18)19(29)16-13-26-11-2-10-23-20(26)24-16/h2-6,10-11,13,18H,1,7-9,12H2,(H,25,28)/t18-,21+/m1/s1. The van der Waals surface area contributed by atoms with Gasteiger partial charge in [-0.2, -0.15) is 0 Å². The number of likely N-dealkylation sites (tertiary alicyclic amines) is 1. The van der Waals surface area contributed by atoms with Gasteiger partial charge >= 0.3 is 0 Å². The van der Waals surface area contributed by atoms with E-state index in [0.717, 1.165) is 18.4 Å². The van der Waals surface area contributed by atoms with E-state index in [1.54, 1.807) is 46.1 Å². The Labute approximate surface area is 166 Å². The summed E-state index contributed by atoms with van der Waals surface area (Å²) in [6.45, 7) is 0.541. The number of imidazole rings is 1. The van der Waals surface area contributed by atoms with E-state index in [4.69, 9.17) is 0 Å². The highest BCUT2D eigenvalue weighted by molar-refractivity contribution is 5.93. The van der Waals surface area contributed by atoms with E-state index in [1.807, 2.05) is 0 Å². The molecule has 1 aromatic carbocycles. The van der Waals surface area contributed by atoms with Crippen molar-refractivity contribution in [3.63, 3.8) is 0 Å². The van der Waals surface area contributed by atoms with E-state index in [-0.39, 0.29) is 23.7 Å². The maximum Gasteiger partial charge on any atom is 0.274 e. The lowest BCUT2D eigenvalue weighted by Crippen LogP contribution is -2.58. The van der Waals surface area contributed by atoms with Gasteiger partial charge in [-0.15, -0.1) is 0 Å². The van der Waals surface area contributed by atoms with E-state index in [2.05, 4.69) is 15.3 Å². The van der Waals surface area contributed by atoms with Gasteiger partial charge in [-0.05, 0) is 43.0 Å². The van der Waals surface area contributed by atoms with Crippen LogP contribution in [0.2, 0.25) is 0 Å². The van der Waals surface area contributed by atoms with Gasteiger partial charge in [0, 0.05) is 31.6 Å². The van der Waals surface area contributed by atoms with Crippen LogP contribution < -0.4 is 5.32 Å². The molecule has 0 bridgehead atoms. The van der Waals surface area contributed by atoms with Crippen LogP contribution in [0, 0.1) is 5.82 Å². The quantitative estimate of drug-likeness (QED) is 0.726. The Hall–Kier alpha value is -3.29. The average Bonchev–Trinajstić information content (AvgIpc) is 3.32. The Bertz CT molecular complexity index is 1060. The number of nitrogens with one attached hydrogen (secondary N) is 1. The maximum absolute atomic E-state index is 13.6. The van der Waals surface area contributed by atoms with Crippen molar-refractivity contribution in [1.82, 2.24) is 24.6 Å². The summed E-state index contributed by atoms with van der Waals surface area (Å²) in [6.07, 6.45) is 7.70. The molecular weight excluding hydrogens is 373 g/mol. The van der Waals surface area contributed by atoms with Crippen LogP contribution >= 0.6 is 0 Å². The topological polar surface area (TPSA) is 79.6 Å². The highest BCUT2D eigenvalue weighted by Gasteiger charge is 2.51. The molecule has 7 nitrogen and oxygen atoms in total. The molecule has 1 N–H and O–H groups in total. The summed E-state index contributed by atoms with van der Waals surface area (Å²) in [5.41, 5.74) is 0.570. The molecule has 0 aliphatic carbocycles. The van der Waals surface area contributed by atoms with Crippen LogP contribution in [0.1, 0.15) is 47.8 Å². The zero-order valence-corrected chi connectivity index (χ0v) is 15.7. The molecule has 2 saturated heterocycles. The van der Waals surface area contributed by atoms with Gasteiger partial charge in [-0.25, -0.2) is 14.4 Å². The van der Waals surface area contributed by atoms with E-state index >= 15 is 0 Å². The van der Waals surface area contributed by atoms with Gasteiger partial charge in [0.2, 0.25) is 11.7 Å². The molecule has 29 heavy (non-hydrogen) atoms. The SMILES string of the molecule is O=C1CC[C@]2(CCCN(C(=O)c3cn4cccnc4n3)[C@@H]2c2ccc(F)cc2)N1. The largest absolute Gasteiger partial charge is 0.348 e. The molecule has 2 atom stereocenters. The normalized spacial score (nSPS) is 24.2.